The van der Waals surface area contributed by atoms with Crippen LogP contribution in [0.4, 0.5) is 0 Å². The second-order valence-electron chi connectivity index (χ2n) is 6.37. The van der Waals surface area contributed by atoms with Crippen molar-refractivity contribution < 1.29 is 4.42 Å². The van der Waals surface area contributed by atoms with Crippen molar-refractivity contribution in [3.63, 3.8) is 0 Å². The summed E-state index contributed by atoms with van der Waals surface area (Å²) in [6.45, 7) is 2.76. The molecular formula is C19H19N5O. The van der Waals surface area contributed by atoms with Crippen molar-refractivity contribution in [3.8, 4) is 17.4 Å². The van der Waals surface area contributed by atoms with Crippen LogP contribution < -0.4 is 0 Å². The van der Waals surface area contributed by atoms with Crippen molar-refractivity contribution in [1.29, 1.82) is 5.26 Å². The van der Waals surface area contributed by atoms with E-state index < -0.39 is 0 Å². The van der Waals surface area contributed by atoms with Gasteiger partial charge < -0.3 is 4.42 Å². The van der Waals surface area contributed by atoms with Gasteiger partial charge in [-0.3, -0.25) is 10.00 Å². The molecule has 0 spiro atoms. The Morgan fingerprint density at radius 2 is 2.20 bits per heavy atom. The van der Waals surface area contributed by atoms with Gasteiger partial charge in [-0.1, -0.05) is 12.1 Å². The van der Waals surface area contributed by atoms with Crippen LogP contribution in [0.15, 0.2) is 47.1 Å². The lowest BCUT2D eigenvalue weighted by atomic mass is 9.97. The van der Waals surface area contributed by atoms with Crippen LogP contribution in [0, 0.1) is 11.3 Å². The molecule has 0 aliphatic carbocycles. The van der Waals surface area contributed by atoms with Crippen molar-refractivity contribution >= 4 is 0 Å². The lowest BCUT2D eigenvalue weighted by molar-refractivity contribution is 0.184. The van der Waals surface area contributed by atoms with Gasteiger partial charge in [0.2, 0.25) is 0 Å². The maximum atomic E-state index is 9.25. The summed E-state index contributed by atoms with van der Waals surface area (Å²) in [4.78, 5) is 6.68. The summed E-state index contributed by atoms with van der Waals surface area (Å²) in [5.41, 5.74) is 1.47. The van der Waals surface area contributed by atoms with Crippen molar-refractivity contribution in [2.45, 2.75) is 25.3 Å². The molecule has 126 valence electrons. The summed E-state index contributed by atoms with van der Waals surface area (Å²) >= 11 is 0. The Bertz CT molecular complexity index is 877. The number of hydrogen-bond acceptors (Lipinski definition) is 5. The van der Waals surface area contributed by atoms with E-state index in [0.29, 0.717) is 11.5 Å². The van der Waals surface area contributed by atoms with Crippen LogP contribution in [0.3, 0.4) is 0 Å². The fourth-order valence-corrected chi connectivity index (χ4v) is 3.46. The van der Waals surface area contributed by atoms with E-state index in [4.69, 9.17) is 4.42 Å². The molecule has 0 bridgehead atoms. The van der Waals surface area contributed by atoms with Crippen molar-refractivity contribution in [2.24, 2.45) is 0 Å². The Labute approximate surface area is 146 Å². The molecule has 4 rings (SSSR count). The first-order valence-corrected chi connectivity index (χ1v) is 8.49. The number of nitrogens with zero attached hydrogens (tertiary/aromatic N) is 4. The summed E-state index contributed by atoms with van der Waals surface area (Å²) < 4.78 is 6.01. The monoisotopic (exact) mass is 333 g/mol. The number of aromatic nitrogens is 3. The molecule has 1 atom stereocenters. The third-order valence-corrected chi connectivity index (χ3v) is 4.68. The van der Waals surface area contributed by atoms with Crippen molar-refractivity contribution in [3.05, 3.63) is 59.9 Å². The smallest absolute Gasteiger partial charge is 0.137 e. The highest BCUT2D eigenvalue weighted by atomic mass is 16.3. The van der Waals surface area contributed by atoms with Crippen LogP contribution >= 0.6 is 0 Å². The Hall–Kier alpha value is -2.91. The van der Waals surface area contributed by atoms with E-state index in [-0.39, 0.29) is 0 Å². The highest BCUT2D eigenvalue weighted by Crippen LogP contribution is 2.28. The predicted molar refractivity (Wildman–Crippen MR) is 92.5 cm³/mol. The molecule has 1 saturated heterocycles. The van der Waals surface area contributed by atoms with E-state index in [0.717, 1.165) is 55.4 Å². The number of nitriles is 1. The molecule has 1 unspecified atom stereocenters. The molecule has 6 nitrogen and oxygen atoms in total. The molecule has 1 N–H and O–H groups in total. The second-order valence-corrected chi connectivity index (χ2v) is 6.37. The fraction of sp³-hybridized carbons (Fsp3) is 0.316. The van der Waals surface area contributed by atoms with Gasteiger partial charge in [0.25, 0.3) is 0 Å². The molecule has 0 radical (unpaired) electrons. The summed E-state index contributed by atoms with van der Waals surface area (Å²) in [7, 11) is 0. The molecule has 0 amide bonds. The zero-order valence-electron chi connectivity index (χ0n) is 13.9. The van der Waals surface area contributed by atoms with E-state index in [2.05, 4.69) is 26.2 Å². The number of nitrogens with one attached hydrogen (secondary N) is 1. The van der Waals surface area contributed by atoms with Crippen LogP contribution in [0.25, 0.3) is 11.3 Å². The van der Waals surface area contributed by atoms with Gasteiger partial charge in [0.1, 0.15) is 23.7 Å². The van der Waals surface area contributed by atoms with Gasteiger partial charge in [-0.25, -0.2) is 4.98 Å². The molecule has 25 heavy (non-hydrogen) atoms. The number of benzene rings is 1. The van der Waals surface area contributed by atoms with E-state index in [9.17, 15) is 5.26 Å². The molecule has 1 fully saturated rings. The van der Waals surface area contributed by atoms with Gasteiger partial charge in [-0.05, 0) is 43.7 Å². The summed E-state index contributed by atoms with van der Waals surface area (Å²) in [6, 6.07) is 13.7. The molecule has 3 heterocycles. The Kier molecular flexibility index (Phi) is 4.32. The average molecular weight is 333 g/mol. The van der Waals surface area contributed by atoms with E-state index in [1.54, 1.807) is 6.33 Å². The summed E-state index contributed by atoms with van der Waals surface area (Å²) in [5, 5.41) is 16.2. The minimum Gasteiger partial charge on any atom is -0.460 e. The first kappa shape index (κ1) is 15.6. The zero-order chi connectivity index (χ0) is 17.1. The summed E-state index contributed by atoms with van der Waals surface area (Å²) in [5.74, 6) is 3.02. The van der Waals surface area contributed by atoms with Gasteiger partial charge in [0.05, 0.1) is 18.2 Å². The first-order chi connectivity index (χ1) is 12.3. The SMILES string of the molecule is N#Cc1ccccc1-c1ccc(CN2CCCC(c3ncn[nH]3)C2)o1. The van der Waals surface area contributed by atoms with Gasteiger partial charge in [-0.2, -0.15) is 10.4 Å². The van der Waals surface area contributed by atoms with Crippen LogP contribution in [0.2, 0.25) is 0 Å². The van der Waals surface area contributed by atoms with Gasteiger partial charge >= 0.3 is 0 Å². The topological polar surface area (TPSA) is 81.7 Å². The third-order valence-electron chi connectivity index (χ3n) is 4.68. The van der Waals surface area contributed by atoms with Crippen LogP contribution in [-0.4, -0.2) is 33.2 Å². The molecule has 6 heteroatoms. The number of hydrogen-bond donors (Lipinski definition) is 1. The lowest BCUT2D eigenvalue weighted by Crippen LogP contribution is -2.34. The van der Waals surface area contributed by atoms with E-state index in [1.165, 1.54) is 0 Å². The molecule has 1 aliphatic rings. The largest absolute Gasteiger partial charge is 0.460 e. The van der Waals surface area contributed by atoms with Crippen molar-refractivity contribution in [2.75, 3.05) is 13.1 Å². The first-order valence-electron chi connectivity index (χ1n) is 8.49. The number of H-pyrrole nitrogens is 1. The fourth-order valence-electron chi connectivity index (χ4n) is 3.46. The van der Waals surface area contributed by atoms with Crippen LogP contribution in [0.1, 0.15) is 35.9 Å². The van der Waals surface area contributed by atoms with E-state index in [1.807, 2.05) is 36.4 Å². The Morgan fingerprint density at radius 3 is 3.04 bits per heavy atom. The lowest BCUT2D eigenvalue weighted by Gasteiger charge is -2.30. The molecule has 0 saturated carbocycles. The number of aromatic amines is 1. The maximum absolute atomic E-state index is 9.25. The molecule has 3 aromatic rings. The molecule has 1 aliphatic heterocycles. The highest BCUT2D eigenvalue weighted by Gasteiger charge is 2.24. The zero-order valence-corrected chi connectivity index (χ0v) is 13.9. The third kappa shape index (κ3) is 3.32. The maximum Gasteiger partial charge on any atom is 0.137 e. The summed E-state index contributed by atoms with van der Waals surface area (Å²) in [6.07, 6.45) is 3.83. The van der Waals surface area contributed by atoms with Gasteiger partial charge in [0.15, 0.2) is 0 Å². The van der Waals surface area contributed by atoms with Gasteiger partial charge in [0, 0.05) is 18.0 Å². The predicted octanol–water partition coefficient (Wildman–Crippen LogP) is 3.32. The van der Waals surface area contributed by atoms with Crippen LogP contribution in [0.5, 0.6) is 0 Å². The molecule has 2 aromatic heterocycles. The van der Waals surface area contributed by atoms with Crippen LogP contribution in [-0.2, 0) is 6.54 Å². The minimum atomic E-state index is 0.394. The minimum absolute atomic E-state index is 0.394. The Morgan fingerprint density at radius 1 is 1.28 bits per heavy atom. The highest BCUT2D eigenvalue weighted by molar-refractivity contribution is 5.66. The average Bonchev–Trinajstić information content (AvgIpc) is 3.34. The molecule has 1 aromatic carbocycles. The molecular weight excluding hydrogens is 314 g/mol. The quantitative estimate of drug-likeness (QED) is 0.792. The standard InChI is InChI=1S/C19H19N5O/c20-10-14-4-1-2-6-17(14)18-8-7-16(25-18)12-24-9-3-5-15(11-24)19-21-13-22-23-19/h1-2,4,6-8,13,15H,3,5,9,11-12H2,(H,21,22,23). The van der Waals surface area contributed by atoms with Crippen molar-refractivity contribution in [1.82, 2.24) is 20.1 Å². The number of piperidine rings is 1. The number of likely N-dealkylation sites (tertiary alicyclic amines) is 1. The Balaban J connectivity index is 1.47. The second kappa shape index (κ2) is 6.91. The van der Waals surface area contributed by atoms with Gasteiger partial charge in [-0.15, -0.1) is 0 Å². The number of furan rings is 1. The normalized spacial score (nSPS) is 18.1. The van der Waals surface area contributed by atoms with E-state index >= 15 is 0 Å². The number of rotatable bonds is 4.